The van der Waals surface area contributed by atoms with Gasteiger partial charge in [0.15, 0.2) is 0 Å². The summed E-state index contributed by atoms with van der Waals surface area (Å²) < 4.78 is 13.2. The van der Waals surface area contributed by atoms with Crippen LogP contribution in [0.15, 0.2) is 47.6 Å². The number of nitrogens with one attached hydrogen (secondary N) is 2. The monoisotopic (exact) mass is 381 g/mol. The number of halogens is 1. The maximum atomic E-state index is 13.2. The summed E-state index contributed by atoms with van der Waals surface area (Å²) in [7, 11) is 0. The number of rotatable bonds is 6. The van der Waals surface area contributed by atoms with Crippen molar-refractivity contribution in [2.24, 2.45) is 0 Å². The predicted molar refractivity (Wildman–Crippen MR) is 101 cm³/mol. The van der Waals surface area contributed by atoms with E-state index in [1.54, 1.807) is 12.1 Å². The number of nitrogens with zero attached hydrogens (tertiary/aromatic N) is 3. The molecule has 3 aromatic rings. The summed E-state index contributed by atoms with van der Waals surface area (Å²) in [5, 5.41) is 19.5. The molecule has 0 aliphatic carbocycles. The van der Waals surface area contributed by atoms with Crippen LogP contribution in [-0.2, 0) is 12.2 Å². The van der Waals surface area contributed by atoms with Gasteiger partial charge >= 0.3 is 0 Å². The maximum absolute atomic E-state index is 13.2. The lowest BCUT2D eigenvalue weighted by Crippen LogP contribution is -2.13. The molecule has 1 heterocycles. The number of nitriles is 1. The van der Waals surface area contributed by atoms with Crippen molar-refractivity contribution in [2.45, 2.75) is 24.3 Å². The molecule has 0 fully saturated rings. The van der Waals surface area contributed by atoms with Gasteiger partial charge in [0.2, 0.25) is 5.16 Å². The Bertz CT molecular complexity index is 994. The fourth-order valence-corrected chi connectivity index (χ4v) is 3.11. The maximum Gasteiger partial charge on any atom is 0.257 e. The molecule has 0 unspecified atom stereocenters. The molecule has 0 saturated carbocycles. The molecule has 3 rings (SSSR count). The highest BCUT2D eigenvalue weighted by atomic mass is 32.2. The minimum atomic E-state index is -0.553. The topological polar surface area (TPSA) is 94.5 Å². The Kier molecular flexibility index (Phi) is 5.84. The van der Waals surface area contributed by atoms with Crippen molar-refractivity contribution in [1.29, 1.82) is 5.26 Å². The van der Waals surface area contributed by atoms with Crippen LogP contribution in [0.25, 0.3) is 0 Å². The van der Waals surface area contributed by atoms with E-state index in [2.05, 4.69) is 20.5 Å². The number of hydrogen-bond acceptors (Lipinski definition) is 5. The quantitative estimate of drug-likeness (QED) is 0.631. The number of carbonyl (C=O) groups excluding carboxylic acids is 1. The molecule has 0 atom stereocenters. The molecule has 1 amide bonds. The largest absolute Gasteiger partial charge is 0.322 e. The Morgan fingerprint density at radius 1 is 1.30 bits per heavy atom. The minimum absolute atomic E-state index is 0.00142. The smallest absolute Gasteiger partial charge is 0.257 e. The first kappa shape index (κ1) is 18.6. The number of amides is 1. The van der Waals surface area contributed by atoms with Crippen LogP contribution in [0.3, 0.4) is 0 Å². The standard InChI is InChI=1S/C19H16FN5OS/c1-2-17-23-19(25-24-17)27-11-12-3-6-15(7-4-12)22-18(26)16-8-5-14(20)9-13(16)10-21/h3-9H,2,11H2,1H3,(H,22,26)(H,23,24,25). The van der Waals surface area contributed by atoms with E-state index in [1.807, 2.05) is 25.1 Å². The molecule has 0 aliphatic heterocycles. The van der Waals surface area contributed by atoms with Crippen LogP contribution in [0.1, 0.15) is 34.2 Å². The average molecular weight is 381 g/mol. The molecule has 1 aromatic heterocycles. The van der Waals surface area contributed by atoms with Crippen LogP contribution >= 0.6 is 11.8 Å². The van der Waals surface area contributed by atoms with Gasteiger partial charge in [-0.3, -0.25) is 9.89 Å². The van der Waals surface area contributed by atoms with E-state index in [1.165, 1.54) is 17.8 Å². The van der Waals surface area contributed by atoms with Gasteiger partial charge in [-0.25, -0.2) is 9.37 Å². The van der Waals surface area contributed by atoms with Crippen molar-refractivity contribution in [1.82, 2.24) is 15.2 Å². The number of thioether (sulfide) groups is 1. The number of aromatic nitrogens is 3. The highest BCUT2D eigenvalue weighted by Gasteiger charge is 2.12. The van der Waals surface area contributed by atoms with Crippen LogP contribution in [-0.4, -0.2) is 21.1 Å². The highest BCUT2D eigenvalue weighted by Crippen LogP contribution is 2.21. The van der Waals surface area contributed by atoms with E-state index < -0.39 is 11.7 Å². The zero-order valence-electron chi connectivity index (χ0n) is 14.5. The summed E-state index contributed by atoms with van der Waals surface area (Å²) in [5.41, 5.74) is 1.78. The zero-order chi connectivity index (χ0) is 19.2. The summed E-state index contributed by atoms with van der Waals surface area (Å²) in [6.07, 6.45) is 0.809. The number of hydrogen-bond donors (Lipinski definition) is 2. The van der Waals surface area contributed by atoms with Gasteiger partial charge in [0, 0.05) is 17.9 Å². The summed E-state index contributed by atoms with van der Waals surface area (Å²) in [6, 6.07) is 12.7. The van der Waals surface area contributed by atoms with Gasteiger partial charge in [0.05, 0.1) is 11.1 Å². The Morgan fingerprint density at radius 3 is 2.74 bits per heavy atom. The fourth-order valence-electron chi connectivity index (χ4n) is 2.34. The highest BCUT2D eigenvalue weighted by molar-refractivity contribution is 7.98. The normalized spacial score (nSPS) is 10.4. The number of carbonyl (C=O) groups is 1. The molecule has 2 N–H and O–H groups in total. The van der Waals surface area contributed by atoms with Gasteiger partial charge in [0.25, 0.3) is 5.91 Å². The van der Waals surface area contributed by atoms with E-state index in [9.17, 15) is 9.18 Å². The molecule has 0 radical (unpaired) electrons. The van der Waals surface area contributed by atoms with Crippen LogP contribution in [0, 0.1) is 17.1 Å². The van der Waals surface area contributed by atoms with Crippen molar-refractivity contribution in [2.75, 3.05) is 5.32 Å². The van der Waals surface area contributed by atoms with Crippen LogP contribution in [0.4, 0.5) is 10.1 Å². The molecule has 8 heteroatoms. The fraction of sp³-hybridized carbons (Fsp3) is 0.158. The van der Waals surface area contributed by atoms with Crippen molar-refractivity contribution < 1.29 is 9.18 Å². The molecular weight excluding hydrogens is 365 g/mol. The van der Waals surface area contributed by atoms with Gasteiger partial charge in [-0.15, -0.1) is 5.10 Å². The molecule has 0 spiro atoms. The lowest BCUT2D eigenvalue weighted by molar-refractivity contribution is 0.102. The van der Waals surface area contributed by atoms with Crippen molar-refractivity contribution in [3.8, 4) is 6.07 Å². The average Bonchev–Trinajstić information content (AvgIpc) is 3.15. The third kappa shape index (κ3) is 4.71. The number of H-pyrrole nitrogens is 1. The second-order valence-corrected chi connectivity index (χ2v) is 6.60. The van der Waals surface area contributed by atoms with Gasteiger partial charge in [-0.05, 0) is 35.9 Å². The number of benzene rings is 2. The summed E-state index contributed by atoms with van der Waals surface area (Å²) in [4.78, 5) is 16.7. The van der Waals surface area contributed by atoms with Crippen LogP contribution in [0.2, 0.25) is 0 Å². The van der Waals surface area contributed by atoms with Crippen molar-refractivity contribution in [3.05, 3.63) is 70.8 Å². The molecular formula is C19H16FN5OS. The predicted octanol–water partition coefficient (Wildman–Crippen LogP) is 3.92. The summed E-state index contributed by atoms with van der Waals surface area (Å²) >= 11 is 1.52. The van der Waals surface area contributed by atoms with Gasteiger partial charge in [-0.1, -0.05) is 30.8 Å². The van der Waals surface area contributed by atoms with E-state index in [0.29, 0.717) is 16.6 Å². The second-order valence-electron chi connectivity index (χ2n) is 5.66. The van der Waals surface area contributed by atoms with E-state index in [-0.39, 0.29) is 11.1 Å². The third-order valence-corrected chi connectivity index (χ3v) is 4.69. The molecule has 0 aliphatic rings. The number of anilines is 1. The first-order valence-corrected chi connectivity index (χ1v) is 9.21. The zero-order valence-corrected chi connectivity index (χ0v) is 15.3. The lowest BCUT2D eigenvalue weighted by Gasteiger charge is -2.07. The molecule has 0 saturated heterocycles. The third-order valence-electron chi connectivity index (χ3n) is 3.77. The second kappa shape index (κ2) is 8.47. The first-order chi connectivity index (χ1) is 13.1. The van der Waals surface area contributed by atoms with Crippen LogP contribution in [0.5, 0.6) is 0 Å². The molecule has 27 heavy (non-hydrogen) atoms. The van der Waals surface area contributed by atoms with Crippen molar-refractivity contribution >= 4 is 23.4 Å². The van der Waals surface area contributed by atoms with Crippen molar-refractivity contribution in [3.63, 3.8) is 0 Å². The lowest BCUT2D eigenvalue weighted by atomic mass is 10.1. The molecule has 0 bridgehead atoms. The van der Waals surface area contributed by atoms with Gasteiger partial charge in [-0.2, -0.15) is 5.26 Å². The molecule has 136 valence electrons. The Balaban J connectivity index is 1.62. The van der Waals surface area contributed by atoms with E-state index >= 15 is 0 Å². The van der Waals surface area contributed by atoms with Gasteiger partial charge in [0.1, 0.15) is 17.7 Å². The van der Waals surface area contributed by atoms with E-state index in [4.69, 9.17) is 5.26 Å². The SMILES string of the molecule is CCc1nc(SCc2ccc(NC(=O)c3ccc(F)cc3C#N)cc2)n[nH]1. The summed E-state index contributed by atoms with van der Waals surface area (Å²) in [5.74, 6) is 0.545. The Hall–Kier alpha value is -3.18. The Labute approximate surface area is 159 Å². The minimum Gasteiger partial charge on any atom is -0.322 e. The van der Waals surface area contributed by atoms with E-state index in [0.717, 1.165) is 29.9 Å². The Morgan fingerprint density at radius 2 is 2.07 bits per heavy atom. The van der Waals surface area contributed by atoms with Crippen LogP contribution < -0.4 is 5.32 Å². The van der Waals surface area contributed by atoms with Gasteiger partial charge < -0.3 is 5.32 Å². The summed E-state index contributed by atoms with van der Waals surface area (Å²) in [6.45, 7) is 2.01. The first-order valence-electron chi connectivity index (χ1n) is 8.23. The number of aryl methyl sites for hydroxylation is 1. The molecule has 6 nitrogen and oxygen atoms in total. The molecule has 2 aromatic carbocycles. The number of aromatic amines is 1.